The van der Waals surface area contributed by atoms with E-state index in [9.17, 15) is 9.59 Å². The van der Waals surface area contributed by atoms with E-state index in [1.165, 1.54) is 17.0 Å². The van der Waals surface area contributed by atoms with Crippen molar-refractivity contribution in [2.75, 3.05) is 12.4 Å². The molecule has 7 nitrogen and oxygen atoms in total. The lowest BCUT2D eigenvalue weighted by molar-refractivity contribution is 0.210. The van der Waals surface area contributed by atoms with Gasteiger partial charge in [0, 0.05) is 5.69 Å². The summed E-state index contributed by atoms with van der Waals surface area (Å²) < 4.78 is 6.65. The van der Waals surface area contributed by atoms with Crippen molar-refractivity contribution in [2.45, 2.75) is 6.54 Å². The molecule has 0 fully saturated rings. The number of hydrogen-bond donors (Lipinski definition) is 2. The van der Waals surface area contributed by atoms with Gasteiger partial charge in [0.15, 0.2) is 0 Å². The van der Waals surface area contributed by atoms with Crippen molar-refractivity contribution < 1.29 is 14.6 Å². The van der Waals surface area contributed by atoms with Crippen LogP contribution >= 0.6 is 0 Å². The number of rotatable bonds is 4. The average molecular weight is 325 g/mol. The second-order valence-electron chi connectivity index (χ2n) is 5.19. The highest BCUT2D eigenvalue weighted by Crippen LogP contribution is 2.16. The molecule has 1 heterocycles. The van der Waals surface area contributed by atoms with Gasteiger partial charge in [-0.15, -0.1) is 0 Å². The average Bonchev–Trinajstić information content (AvgIpc) is 2.57. The van der Waals surface area contributed by atoms with Gasteiger partial charge in [-0.3, -0.25) is 14.7 Å². The van der Waals surface area contributed by atoms with Crippen LogP contribution in [0.3, 0.4) is 0 Å². The predicted octanol–water partition coefficient (Wildman–Crippen LogP) is 2.54. The highest BCUT2D eigenvalue weighted by molar-refractivity contribution is 5.88. The van der Waals surface area contributed by atoms with Gasteiger partial charge in [-0.25, -0.2) is 9.78 Å². The maximum atomic E-state index is 12.6. The molecule has 3 rings (SSSR count). The SMILES string of the molecule is COc1cccc(Cn2cnc3ccc(NC(=O)O)cc3c2=O)c1. The highest BCUT2D eigenvalue weighted by Gasteiger charge is 2.07. The first-order chi connectivity index (χ1) is 11.6. The van der Waals surface area contributed by atoms with Crippen LogP contribution in [-0.4, -0.2) is 27.9 Å². The fourth-order valence-electron chi connectivity index (χ4n) is 2.44. The molecule has 24 heavy (non-hydrogen) atoms. The second-order valence-corrected chi connectivity index (χ2v) is 5.19. The van der Waals surface area contributed by atoms with Crippen LogP contribution < -0.4 is 15.6 Å². The number of amides is 1. The van der Waals surface area contributed by atoms with Crippen LogP contribution in [0.15, 0.2) is 53.6 Å². The fraction of sp³-hybridized carbons (Fsp3) is 0.118. The van der Waals surface area contributed by atoms with E-state index in [0.29, 0.717) is 28.9 Å². The van der Waals surface area contributed by atoms with Crippen LogP contribution in [0, 0.1) is 0 Å². The fourth-order valence-corrected chi connectivity index (χ4v) is 2.44. The molecule has 0 spiro atoms. The molecule has 0 aliphatic carbocycles. The van der Waals surface area contributed by atoms with Gasteiger partial charge in [0.25, 0.3) is 5.56 Å². The molecule has 2 aromatic carbocycles. The summed E-state index contributed by atoms with van der Waals surface area (Å²) in [5.41, 5.74) is 1.50. The molecular weight excluding hydrogens is 310 g/mol. The lowest BCUT2D eigenvalue weighted by atomic mass is 10.2. The van der Waals surface area contributed by atoms with Gasteiger partial charge in [0.05, 0.1) is 30.9 Å². The Morgan fingerprint density at radius 2 is 2.12 bits per heavy atom. The molecule has 0 saturated carbocycles. The molecule has 0 bridgehead atoms. The summed E-state index contributed by atoms with van der Waals surface area (Å²) in [4.78, 5) is 27.6. The molecule has 0 aliphatic heterocycles. The largest absolute Gasteiger partial charge is 0.497 e. The minimum atomic E-state index is -1.19. The van der Waals surface area contributed by atoms with E-state index in [4.69, 9.17) is 9.84 Å². The van der Waals surface area contributed by atoms with Gasteiger partial charge in [0.2, 0.25) is 0 Å². The maximum absolute atomic E-state index is 12.6. The Morgan fingerprint density at radius 3 is 2.88 bits per heavy atom. The third kappa shape index (κ3) is 3.19. The number of aromatic nitrogens is 2. The number of anilines is 1. The molecule has 1 amide bonds. The quantitative estimate of drug-likeness (QED) is 0.769. The van der Waals surface area contributed by atoms with Gasteiger partial charge in [0.1, 0.15) is 5.75 Å². The number of ether oxygens (including phenoxy) is 1. The summed E-state index contributed by atoms with van der Waals surface area (Å²) >= 11 is 0. The molecule has 1 aromatic heterocycles. The van der Waals surface area contributed by atoms with Crippen LogP contribution in [0.25, 0.3) is 10.9 Å². The van der Waals surface area contributed by atoms with Crippen molar-refractivity contribution in [1.82, 2.24) is 9.55 Å². The van der Waals surface area contributed by atoms with E-state index in [1.807, 2.05) is 24.3 Å². The van der Waals surface area contributed by atoms with Crippen molar-refractivity contribution in [3.05, 3.63) is 64.7 Å². The van der Waals surface area contributed by atoms with Crippen molar-refractivity contribution in [3.63, 3.8) is 0 Å². The van der Waals surface area contributed by atoms with Gasteiger partial charge in [-0.2, -0.15) is 0 Å². The number of hydrogen-bond acceptors (Lipinski definition) is 4. The molecule has 0 aliphatic rings. The second kappa shape index (κ2) is 6.41. The smallest absolute Gasteiger partial charge is 0.409 e. The topological polar surface area (TPSA) is 93.4 Å². The van der Waals surface area contributed by atoms with Crippen molar-refractivity contribution >= 4 is 22.7 Å². The van der Waals surface area contributed by atoms with Crippen LogP contribution in [-0.2, 0) is 6.54 Å². The Bertz CT molecular complexity index is 965. The van der Waals surface area contributed by atoms with Crippen LogP contribution in [0.1, 0.15) is 5.56 Å². The molecule has 2 N–H and O–H groups in total. The molecular formula is C17H15N3O4. The number of carbonyl (C=O) groups is 1. The van der Waals surface area contributed by atoms with E-state index in [2.05, 4.69) is 10.3 Å². The van der Waals surface area contributed by atoms with E-state index in [0.717, 1.165) is 5.56 Å². The normalized spacial score (nSPS) is 10.5. The predicted molar refractivity (Wildman–Crippen MR) is 89.7 cm³/mol. The lowest BCUT2D eigenvalue weighted by Crippen LogP contribution is -2.21. The van der Waals surface area contributed by atoms with Crippen LogP contribution in [0.5, 0.6) is 5.75 Å². The zero-order valence-corrected chi connectivity index (χ0v) is 12.9. The molecule has 0 radical (unpaired) electrons. The van der Waals surface area contributed by atoms with Gasteiger partial charge in [-0.05, 0) is 35.9 Å². The summed E-state index contributed by atoms with van der Waals surface area (Å²) in [7, 11) is 1.58. The van der Waals surface area contributed by atoms with Crippen LogP contribution in [0.4, 0.5) is 10.5 Å². The molecule has 3 aromatic rings. The first-order valence-corrected chi connectivity index (χ1v) is 7.19. The molecule has 7 heteroatoms. The monoisotopic (exact) mass is 325 g/mol. The third-order valence-electron chi connectivity index (χ3n) is 3.56. The van der Waals surface area contributed by atoms with Gasteiger partial charge >= 0.3 is 6.09 Å². The summed E-state index contributed by atoms with van der Waals surface area (Å²) in [6.07, 6.45) is 0.295. The third-order valence-corrected chi connectivity index (χ3v) is 3.56. The Hall–Kier alpha value is -3.35. The summed E-state index contributed by atoms with van der Waals surface area (Å²) in [6.45, 7) is 0.343. The van der Waals surface area contributed by atoms with E-state index >= 15 is 0 Å². The summed E-state index contributed by atoms with van der Waals surface area (Å²) in [5, 5.41) is 11.4. The number of methoxy groups -OCH3 is 1. The number of nitrogens with zero attached hydrogens (tertiary/aromatic N) is 2. The Labute approximate surface area is 137 Å². The molecule has 0 unspecified atom stereocenters. The van der Waals surface area contributed by atoms with E-state index in [-0.39, 0.29) is 5.56 Å². The van der Waals surface area contributed by atoms with E-state index < -0.39 is 6.09 Å². The molecule has 122 valence electrons. The molecule has 0 atom stereocenters. The Kier molecular flexibility index (Phi) is 4.15. The minimum absolute atomic E-state index is 0.239. The molecule has 0 saturated heterocycles. The van der Waals surface area contributed by atoms with Crippen molar-refractivity contribution in [1.29, 1.82) is 0 Å². The van der Waals surface area contributed by atoms with E-state index in [1.54, 1.807) is 19.2 Å². The lowest BCUT2D eigenvalue weighted by Gasteiger charge is -2.09. The number of carboxylic acid groups (broad SMARTS) is 1. The Morgan fingerprint density at radius 1 is 1.29 bits per heavy atom. The number of benzene rings is 2. The summed E-state index contributed by atoms with van der Waals surface area (Å²) in [5.74, 6) is 0.710. The maximum Gasteiger partial charge on any atom is 0.409 e. The van der Waals surface area contributed by atoms with Crippen molar-refractivity contribution in [3.8, 4) is 5.75 Å². The van der Waals surface area contributed by atoms with Gasteiger partial charge < -0.3 is 9.84 Å². The van der Waals surface area contributed by atoms with Gasteiger partial charge in [-0.1, -0.05) is 12.1 Å². The highest BCUT2D eigenvalue weighted by atomic mass is 16.5. The number of fused-ring (bicyclic) bond motifs is 1. The zero-order chi connectivity index (χ0) is 17.1. The summed E-state index contributed by atoms with van der Waals surface area (Å²) in [6, 6.07) is 12.1. The minimum Gasteiger partial charge on any atom is -0.497 e. The standard InChI is InChI=1S/C17H15N3O4/c1-24-13-4-2-3-11(7-13)9-20-10-18-15-6-5-12(19-17(22)23)8-14(15)16(20)21/h2-8,10,19H,9H2,1H3,(H,22,23). The Balaban J connectivity index is 2.00. The van der Waals surface area contributed by atoms with Crippen molar-refractivity contribution in [2.24, 2.45) is 0 Å². The number of nitrogens with one attached hydrogen (secondary N) is 1. The zero-order valence-electron chi connectivity index (χ0n) is 12.9. The first kappa shape index (κ1) is 15.5. The first-order valence-electron chi connectivity index (χ1n) is 7.19. The van der Waals surface area contributed by atoms with Crippen LogP contribution in [0.2, 0.25) is 0 Å².